The van der Waals surface area contributed by atoms with Crippen molar-refractivity contribution in [3.8, 4) is 16.9 Å². The number of fused-ring (bicyclic) bond motifs is 1. The third-order valence-electron chi connectivity index (χ3n) is 7.91. The summed E-state index contributed by atoms with van der Waals surface area (Å²) in [4.78, 5) is 0. The molecule has 4 rings (SSSR count). The van der Waals surface area contributed by atoms with Gasteiger partial charge >= 0.3 is 0 Å². The van der Waals surface area contributed by atoms with Crippen molar-refractivity contribution in [1.29, 1.82) is 0 Å². The summed E-state index contributed by atoms with van der Waals surface area (Å²) in [6, 6.07) is 13.8. The van der Waals surface area contributed by atoms with E-state index < -0.39 is 0 Å². The first-order chi connectivity index (χ1) is 16.2. The molecule has 4 atom stereocenters. The van der Waals surface area contributed by atoms with Crippen LogP contribution in [0.15, 0.2) is 66.8 Å². The number of ether oxygens (including phenoxy) is 1. The maximum Gasteiger partial charge on any atom is 0.127 e. The van der Waals surface area contributed by atoms with Crippen LogP contribution < -0.4 is 4.74 Å². The van der Waals surface area contributed by atoms with E-state index in [1.165, 1.54) is 44.9 Å². The fraction of sp³-hybridized carbons (Fsp3) is 0.484. The second kappa shape index (κ2) is 11.7. The van der Waals surface area contributed by atoms with Crippen LogP contribution in [-0.2, 0) is 0 Å². The normalized spacial score (nSPS) is 25.4. The van der Waals surface area contributed by atoms with Gasteiger partial charge in [-0.3, -0.25) is 0 Å². The second-order valence-electron chi connectivity index (χ2n) is 10.00. The van der Waals surface area contributed by atoms with Crippen molar-refractivity contribution in [2.24, 2.45) is 17.8 Å². The molecule has 0 N–H and O–H groups in total. The van der Waals surface area contributed by atoms with Gasteiger partial charge < -0.3 is 4.74 Å². The van der Waals surface area contributed by atoms with Gasteiger partial charge in [0, 0.05) is 0 Å². The zero-order valence-corrected chi connectivity index (χ0v) is 20.3. The van der Waals surface area contributed by atoms with E-state index in [9.17, 15) is 0 Å². The standard InChI is InChI=1S/C31H39FO/c1-3-5-7-8-23-9-10-26-21-28(12-11-25(26)20-23)30-18-15-27(22-31(30)32)24-13-16-29(17-14-24)33-19-6-4-2/h3-6,13-18,22-23,25-26,28H,7-12,19-21H2,1-2H3/b5-3+,6-4+. The van der Waals surface area contributed by atoms with Gasteiger partial charge in [-0.1, -0.05) is 55.0 Å². The summed E-state index contributed by atoms with van der Waals surface area (Å²) in [6.07, 6.45) is 18.7. The molecule has 0 aromatic heterocycles. The van der Waals surface area contributed by atoms with E-state index in [1.807, 2.05) is 43.3 Å². The van der Waals surface area contributed by atoms with Crippen LogP contribution in [0, 0.1) is 23.6 Å². The van der Waals surface area contributed by atoms with Crippen LogP contribution in [0.3, 0.4) is 0 Å². The van der Waals surface area contributed by atoms with E-state index in [4.69, 9.17) is 4.74 Å². The lowest BCUT2D eigenvalue weighted by Crippen LogP contribution is -2.30. The molecular weight excluding hydrogens is 407 g/mol. The minimum absolute atomic E-state index is 0.0376. The van der Waals surface area contributed by atoms with E-state index in [0.717, 1.165) is 46.6 Å². The Hall–Kier alpha value is -2.35. The van der Waals surface area contributed by atoms with Crippen molar-refractivity contribution in [1.82, 2.24) is 0 Å². The highest BCUT2D eigenvalue weighted by molar-refractivity contribution is 5.64. The summed E-state index contributed by atoms with van der Waals surface area (Å²) >= 11 is 0. The number of allylic oxidation sites excluding steroid dienone is 3. The first-order valence-corrected chi connectivity index (χ1v) is 12.9. The lowest BCUT2D eigenvalue weighted by Gasteiger charge is -2.42. The molecule has 0 aliphatic heterocycles. The van der Waals surface area contributed by atoms with E-state index in [0.29, 0.717) is 12.5 Å². The fourth-order valence-corrected chi connectivity index (χ4v) is 6.05. The molecule has 0 heterocycles. The van der Waals surface area contributed by atoms with E-state index in [-0.39, 0.29) is 5.82 Å². The van der Waals surface area contributed by atoms with Crippen molar-refractivity contribution in [2.45, 2.75) is 71.1 Å². The highest BCUT2D eigenvalue weighted by Gasteiger charge is 2.36. The SMILES string of the molecule is C/C=C/CCC1CCC2CC(c3ccc(-c4ccc(OC/C=C/C)cc4)cc3F)CCC2C1. The van der Waals surface area contributed by atoms with Crippen molar-refractivity contribution in [3.05, 3.63) is 78.1 Å². The minimum Gasteiger partial charge on any atom is -0.490 e. The van der Waals surface area contributed by atoms with Gasteiger partial charge in [-0.15, -0.1) is 0 Å². The molecule has 2 fully saturated rings. The highest BCUT2D eigenvalue weighted by atomic mass is 19.1. The summed E-state index contributed by atoms with van der Waals surface area (Å²) in [5.41, 5.74) is 2.89. The quantitative estimate of drug-likeness (QED) is 0.367. The van der Waals surface area contributed by atoms with Crippen molar-refractivity contribution in [2.75, 3.05) is 6.61 Å². The molecule has 33 heavy (non-hydrogen) atoms. The van der Waals surface area contributed by atoms with Gasteiger partial charge in [0.25, 0.3) is 0 Å². The summed E-state index contributed by atoms with van der Waals surface area (Å²) in [6.45, 7) is 4.66. The Labute approximate surface area is 199 Å². The Bertz CT molecular complexity index is 942. The third-order valence-corrected chi connectivity index (χ3v) is 7.91. The molecule has 0 amide bonds. The Morgan fingerprint density at radius 2 is 1.58 bits per heavy atom. The average molecular weight is 447 g/mol. The van der Waals surface area contributed by atoms with Crippen LogP contribution in [0.2, 0.25) is 0 Å². The molecule has 2 aliphatic carbocycles. The van der Waals surface area contributed by atoms with Crippen LogP contribution in [0.25, 0.3) is 11.1 Å². The van der Waals surface area contributed by atoms with Gasteiger partial charge in [0.15, 0.2) is 0 Å². The first kappa shape index (κ1) is 23.8. The van der Waals surface area contributed by atoms with E-state index in [2.05, 4.69) is 31.2 Å². The van der Waals surface area contributed by atoms with Gasteiger partial charge in [0.2, 0.25) is 0 Å². The van der Waals surface area contributed by atoms with Crippen LogP contribution in [0.4, 0.5) is 4.39 Å². The monoisotopic (exact) mass is 446 g/mol. The zero-order valence-electron chi connectivity index (χ0n) is 20.3. The molecule has 2 aromatic rings. The van der Waals surface area contributed by atoms with Crippen LogP contribution in [0.5, 0.6) is 5.75 Å². The minimum atomic E-state index is -0.0376. The summed E-state index contributed by atoms with van der Waals surface area (Å²) in [5.74, 6) is 3.72. The molecule has 0 saturated heterocycles. The molecule has 2 aromatic carbocycles. The third kappa shape index (κ3) is 6.16. The number of rotatable bonds is 8. The average Bonchev–Trinajstić information content (AvgIpc) is 2.84. The maximum atomic E-state index is 15.2. The predicted molar refractivity (Wildman–Crippen MR) is 137 cm³/mol. The van der Waals surface area contributed by atoms with Crippen LogP contribution in [0.1, 0.15) is 76.7 Å². The molecule has 0 radical (unpaired) electrons. The Morgan fingerprint density at radius 3 is 2.33 bits per heavy atom. The van der Waals surface area contributed by atoms with Crippen LogP contribution in [-0.4, -0.2) is 6.61 Å². The molecular formula is C31H39FO. The molecule has 1 nitrogen and oxygen atoms in total. The zero-order chi connectivity index (χ0) is 23.0. The number of hydrogen-bond acceptors (Lipinski definition) is 1. The summed E-state index contributed by atoms with van der Waals surface area (Å²) < 4.78 is 20.9. The maximum absolute atomic E-state index is 15.2. The fourth-order valence-electron chi connectivity index (χ4n) is 6.05. The Balaban J connectivity index is 1.36. The predicted octanol–water partition coefficient (Wildman–Crippen LogP) is 9.10. The molecule has 176 valence electrons. The van der Waals surface area contributed by atoms with Crippen molar-refractivity contribution >= 4 is 0 Å². The van der Waals surface area contributed by atoms with Crippen LogP contribution >= 0.6 is 0 Å². The van der Waals surface area contributed by atoms with Gasteiger partial charge in [0.05, 0.1) is 0 Å². The van der Waals surface area contributed by atoms with E-state index in [1.54, 1.807) is 6.07 Å². The first-order valence-electron chi connectivity index (χ1n) is 12.9. The highest BCUT2D eigenvalue weighted by Crippen LogP contribution is 2.48. The van der Waals surface area contributed by atoms with Gasteiger partial charge in [-0.2, -0.15) is 0 Å². The van der Waals surface area contributed by atoms with Gasteiger partial charge in [0.1, 0.15) is 18.2 Å². The smallest absolute Gasteiger partial charge is 0.127 e. The van der Waals surface area contributed by atoms with Gasteiger partial charge in [-0.05, 0) is 117 Å². The topological polar surface area (TPSA) is 9.23 Å². The number of halogens is 1. The molecule has 0 bridgehead atoms. The van der Waals surface area contributed by atoms with Crippen molar-refractivity contribution in [3.63, 3.8) is 0 Å². The Kier molecular flexibility index (Phi) is 8.42. The van der Waals surface area contributed by atoms with Crippen molar-refractivity contribution < 1.29 is 9.13 Å². The number of benzene rings is 2. The van der Waals surface area contributed by atoms with Gasteiger partial charge in [-0.25, -0.2) is 4.39 Å². The summed E-state index contributed by atoms with van der Waals surface area (Å²) in [7, 11) is 0. The largest absolute Gasteiger partial charge is 0.490 e. The molecule has 2 heteroatoms. The van der Waals surface area contributed by atoms with E-state index >= 15 is 4.39 Å². The number of hydrogen-bond donors (Lipinski definition) is 0. The molecule has 4 unspecified atom stereocenters. The second-order valence-corrected chi connectivity index (χ2v) is 10.00. The Morgan fingerprint density at radius 1 is 0.848 bits per heavy atom. The molecule has 2 saturated carbocycles. The molecule has 2 aliphatic rings. The lowest BCUT2D eigenvalue weighted by molar-refractivity contribution is 0.114. The molecule has 0 spiro atoms. The lowest BCUT2D eigenvalue weighted by atomic mass is 9.63. The summed E-state index contributed by atoms with van der Waals surface area (Å²) in [5, 5.41) is 0.